The Bertz CT molecular complexity index is 609. The van der Waals surface area contributed by atoms with Crippen LogP contribution in [0.2, 0.25) is 0 Å². The van der Waals surface area contributed by atoms with E-state index in [1.54, 1.807) is 13.8 Å². The normalized spacial score (nSPS) is 12.2. The van der Waals surface area contributed by atoms with Crippen LogP contribution < -0.4 is 21.1 Å². The maximum absolute atomic E-state index is 12.1. The van der Waals surface area contributed by atoms with E-state index in [-0.39, 0.29) is 18.3 Å². The van der Waals surface area contributed by atoms with Gasteiger partial charge in [0.25, 0.3) is 5.91 Å². The number of nitrogens with zero attached hydrogens (tertiary/aromatic N) is 1. The molecule has 0 aromatic carbocycles. The number of aromatic nitrogens is 1. The van der Waals surface area contributed by atoms with Crippen molar-refractivity contribution in [3.05, 3.63) is 4.88 Å². The molecule has 0 unspecified atom stereocenters. The number of thiazole rings is 1. The second kappa shape index (κ2) is 6.58. The average Bonchev–Trinajstić information content (AvgIpc) is 2.65. The zero-order chi connectivity index (χ0) is 16.3. The lowest BCUT2D eigenvalue weighted by Crippen LogP contribution is -2.50. The van der Waals surface area contributed by atoms with Crippen LogP contribution in [0.3, 0.4) is 0 Å². The zero-order valence-electron chi connectivity index (χ0n) is 12.5. The Morgan fingerprint density at radius 2 is 2.05 bits per heavy atom. The molecular formula is C11H21N5O3S2. The Morgan fingerprint density at radius 3 is 2.57 bits per heavy atom. The van der Waals surface area contributed by atoms with Gasteiger partial charge in [-0.3, -0.25) is 4.79 Å². The molecule has 21 heavy (non-hydrogen) atoms. The Balaban J connectivity index is 2.69. The highest BCUT2D eigenvalue weighted by Crippen LogP contribution is 2.24. The molecule has 0 fully saturated rings. The number of amides is 1. The molecule has 8 nitrogen and oxygen atoms in total. The maximum Gasteiger partial charge on any atom is 0.265 e. The number of rotatable bonds is 7. The number of carbonyl (C=O) groups is 1. The standard InChI is InChI=1S/C11H21N5O3S2/c1-5-13-10-15-8(12)7(20-10)9(17)14-6-11(2,3)16-21(4,18)19/h16H,5-6,12H2,1-4H3,(H,13,15)(H,14,17). The molecule has 0 saturated heterocycles. The van der Waals surface area contributed by atoms with Crippen molar-refractivity contribution in [3.8, 4) is 0 Å². The summed E-state index contributed by atoms with van der Waals surface area (Å²) in [7, 11) is -3.35. The molecule has 10 heteroatoms. The minimum Gasteiger partial charge on any atom is -0.382 e. The van der Waals surface area contributed by atoms with Crippen molar-refractivity contribution in [3.63, 3.8) is 0 Å². The van der Waals surface area contributed by atoms with Gasteiger partial charge in [0.15, 0.2) is 5.13 Å². The van der Waals surface area contributed by atoms with Gasteiger partial charge in [-0.05, 0) is 20.8 Å². The van der Waals surface area contributed by atoms with E-state index in [4.69, 9.17) is 5.73 Å². The van der Waals surface area contributed by atoms with Crippen molar-refractivity contribution in [1.29, 1.82) is 0 Å². The molecule has 0 atom stereocenters. The van der Waals surface area contributed by atoms with E-state index < -0.39 is 15.6 Å². The SMILES string of the molecule is CCNc1nc(N)c(C(=O)NCC(C)(C)NS(C)(=O)=O)s1. The third-order valence-corrected chi connectivity index (χ3v) is 4.29. The molecule has 0 saturated carbocycles. The first-order valence-electron chi connectivity index (χ1n) is 6.31. The fraction of sp³-hybridized carbons (Fsp3) is 0.636. The number of carbonyl (C=O) groups excluding carboxylic acids is 1. The third-order valence-electron chi connectivity index (χ3n) is 2.34. The predicted octanol–water partition coefficient (Wildman–Crippen LogP) is 0.215. The van der Waals surface area contributed by atoms with Gasteiger partial charge in [0.1, 0.15) is 10.7 Å². The molecule has 0 aliphatic carbocycles. The summed E-state index contributed by atoms with van der Waals surface area (Å²) in [6.07, 6.45) is 1.07. The van der Waals surface area contributed by atoms with Crippen molar-refractivity contribution >= 4 is 38.2 Å². The smallest absolute Gasteiger partial charge is 0.265 e. The van der Waals surface area contributed by atoms with Gasteiger partial charge < -0.3 is 16.4 Å². The van der Waals surface area contributed by atoms with E-state index in [1.807, 2.05) is 6.92 Å². The van der Waals surface area contributed by atoms with Crippen molar-refractivity contribution in [2.75, 3.05) is 30.4 Å². The molecule has 0 bridgehead atoms. The van der Waals surface area contributed by atoms with Crippen LogP contribution >= 0.6 is 11.3 Å². The Labute approximate surface area is 128 Å². The number of anilines is 2. The van der Waals surface area contributed by atoms with Crippen LogP contribution in [0.4, 0.5) is 10.9 Å². The summed E-state index contributed by atoms with van der Waals surface area (Å²) in [6, 6.07) is 0. The largest absolute Gasteiger partial charge is 0.382 e. The lowest BCUT2D eigenvalue weighted by Gasteiger charge is -2.25. The van der Waals surface area contributed by atoms with E-state index in [9.17, 15) is 13.2 Å². The van der Waals surface area contributed by atoms with E-state index in [0.29, 0.717) is 16.6 Å². The molecule has 120 valence electrons. The lowest BCUT2D eigenvalue weighted by atomic mass is 10.1. The summed E-state index contributed by atoms with van der Waals surface area (Å²) in [6.45, 7) is 6.08. The number of hydrogen-bond acceptors (Lipinski definition) is 7. The van der Waals surface area contributed by atoms with Crippen LogP contribution in [-0.2, 0) is 10.0 Å². The van der Waals surface area contributed by atoms with Gasteiger partial charge in [0.05, 0.1) is 6.26 Å². The molecular weight excluding hydrogens is 314 g/mol. The van der Waals surface area contributed by atoms with Crippen molar-refractivity contribution in [1.82, 2.24) is 15.0 Å². The summed E-state index contributed by atoms with van der Waals surface area (Å²) in [5.41, 5.74) is 4.90. The van der Waals surface area contributed by atoms with E-state index in [0.717, 1.165) is 17.6 Å². The second-order valence-corrected chi connectivity index (χ2v) is 7.95. The van der Waals surface area contributed by atoms with Gasteiger partial charge in [0.2, 0.25) is 10.0 Å². The lowest BCUT2D eigenvalue weighted by molar-refractivity contribution is 0.0949. The quantitative estimate of drug-likeness (QED) is 0.564. The molecule has 1 aromatic heterocycles. The van der Waals surface area contributed by atoms with E-state index in [2.05, 4.69) is 20.3 Å². The highest BCUT2D eigenvalue weighted by molar-refractivity contribution is 7.88. The van der Waals surface area contributed by atoms with Gasteiger partial charge in [0, 0.05) is 18.6 Å². The molecule has 5 N–H and O–H groups in total. The minimum absolute atomic E-state index is 0.132. The molecule has 0 spiro atoms. The minimum atomic E-state index is -3.35. The van der Waals surface area contributed by atoms with E-state index >= 15 is 0 Å². The number of hydrogen-bond donors (Lipinski definition) is 4. The summed E-state index contributed by atoms with van der Waals surface area (Å²) < 4.78 is 24.9. The van der Waals surface area contributed by atoms with Crippen LogP contribution in [0.1, 0.15) is 30.4 Å². The second-order valence-electron chi connectivity index (χ2n) is 5.20. The number of nitrogens with one attached hydrogen (secondary N) is 3. The van der Waals surface area contributed by atoms with Crippen LogP contribution in [0.15, 0.2) is 0 Å². The fourth-order valence-electron chi connectivity index (χ4n) is 1.64. The van der Waals surface area contributed by atoms with Crippen molar-refractivity contribution in [2.24, 2.45) is 0 Å². The first kappa shape index (κ1) is 17.7. The van der Waals surface area contributed by atoms with Crippen molar-refractivity contribution in [2.45, 2.75) is 26.3 Å². The van der Waals surface area contributed by atoms with E-state index in [1.165, 1.54) is 0 Å². The van der Waals surface area contributed by atoms with Gasteiger partial charge >= 0.3 is 0 Å². The first-order chi connectivity index (χ1) is 9.54. The van der Waals surface area contributed by atoms with Crippen LogP contribution in [0.5, 0.6) is 0 Å². The number of nitrogen functional groups attached to an aromatic ring is 1. The topological polar surface area (TPSA) is 126 Å². The molecule has 0 radical (unpaired) electrons. The Kier molecular flexibility index (Phi) is 5.54. The van der Waals surface area contributed by atoms with Crippen molar-refractivity contribution < 1.29 is 13.2 Å². The Morgan fingerprint density at radius 1 is 1.43 bits per heavy atom. The fourth-order valence-corrected chi connectivity index (χ4v) is 3.59. The monoisotopic (exact) mass is 335 g/mol. The maximum atomic E-state index is 12.1. The summed E-state index contributed by atoms with van der Waals surface area (Å²) in [5, 5.41) is 6.22. The van der Waals surface area contributed by atoms with Gasteiger partial charge in [-0.2, -0.15) is 0 Å². The summed E-state index contributed by atoms with van der Waals surface area (Å²) >= 11 is 1.16. The highest BCUT2D eigenvalue weighted by Gasteiger charge is 2.24. The predicted molar refractivity (Wildman–Crippen MR) is 85.1 cm³/mol. The average molecular weight is 335 g/mol. The number of sulfonamides is 1. The van der Waals surface area contributed by atoms with Gasteiger partial charge in [-0.25, -0.2) is 18.1 Å². The number of nitrogens with two attached hydrogens (primary N) is 1. The third kappa shape index (κ3) is 5.86. The summed E-state index contributed by atoms with van der Waals surface area (Å²) in [5.74, 6) is -0.222. The highest BCUT2D eigenvalue weighted by atomic mass is 32.2. The first-order valence-corrected chi connectivity index (χ1v) is 9.02. The zero-order valence-corrected chi connectivity index (χ0v) is 14.1. The summed E-state index contributed by atoms with van der Waals surface area (Å²) in [4.78, 5) is 16.4. The molecule has 0 aliphatic heterocycles. The van der Waals surface area contributed by atoms with Gasteiger partial charge in [-0.15, -0.1) is 0 Å². The molecule has 1 rings (SSSR count). The molecule has 1 aromatic rings. The molecule has 1 amide bonds. The molecule has 1 heterocycles. The van der Waals surface area contributed by atoms with Crippen LogP contribution in [-0.4, -0.2) is 44.2 Å². The van der Waals surface area contributed by atoms with Crippen LogP contribution in [0, 0.1) is 0 Å². The Hall–Kier alpha value is -1.39. The van der Waals surface area contributed by atoms with Crippen LogP contribution in [0.25, 0.3) is 0 Å². The van der Waals surface area contributed by atoms with Gasteiger partial charge in [-0.1, -0.05) is 11.3 Å². The molecule has 0 aliphatic rings.